The molecule has 0 atom stereocenters. The topological polar surface area (TPSA) is 72.5 Å². The molecule has 0 radical (unpaired) electrons. The Labute approximate surface area is 101 Å². The average molecular weight is 257 g/mol. The van der Waals surface area contributed by atoms with Crippen molar-refractivity contribution in [2.75, 3.05) is 13.7 Å². The Balaban J connectivity index is 2.97. The van der Waals surface area contributed by atoms with E-state index in [4.69, 9.17) is 0 Å². The van der Waals surface area contributed by atoms with Crippen molar-refractivity contribution >= 4 is 16.0 Å². The fourth-order valence-electron chi connectivity index (χ4n) is 1.30. The number of hydrogen-bond donors (Lipinski definition) is 1. The molecule has 0 saturated carbocycles. The maximum Gasteiger partial charge on any atom is 0.320 e. The summed E-state index contributed by atoms with van der Waals surface area (Å²) in [5.74, 6) is -0.626. The van der Waals surface area contributed by atoms with Crippen LogP contribution in [0.2, 0.25) is 0 Å². The molecular formula is C11H15NO4S. The lowest BCUT2D eigenvalue weighted by Gasteiger charge is -2.09. The van der Waals surface area contributed by atoms with Gasteiger partial charge >= 0.3 is 5.97 Å². The lowest BCUT2D eigenvalue weighted by atomic mass is 10.2. The van der Waals surface area contributed by atoms with Gasteiger partial charge in [-0.3, -0.25) is 4.79 Å². The number of sulfonamides is 1. The Morgan fingerprint density at radius 3 is 2.59 bits per heavy atom. The van der Waals surface area contributed by atoms with Gasteiger partial charge in [0.1, 0.15) is 6.54 Å². The van der Waals surface area contributed by atoms with Crippen LogP contribution in [0, 0.1) is 13.8 Å². The van der Waals surface area contributed by atoms with E-state index in [0.29, 0.717) is 5.56 Å². The van der Waals surface area contributed by atoms with E-state index in [1.807, 2.05) is 6.07 Å². The van der Waals surface area contributed by atoms with Crippen LogP contribution in [0.15, 0.2) is 23.1 Å². The monoisotopic (exact) mass is 257 g/mol. The second-order valence-electron chi connectivity index (χ2n) is 3.67. The number of ether oxygens (including phenoxy) is 1. The standard InChI is InChI=1S/C11H15NO4S/c1-8-4-5-9(2)10(6-8)17(14,15)12-7-11(13)16-3/h4-6,12H,7H2,1-3H3. The number of carbonyl (C=O) groups is 1. The minimum Gasteiger partial charge on any atom is -0.468 e. The Morgan fingerprint density at radius 2 is 2.00 bits per heavy atom. The second-order valence-corrected chi connectivity index (χ2v) is 5.41. The van der Waals surface area contributed by atoms with Gasteiger partial charge in [-0.25, -0.2) is 8.42 Å². The molecule has 94 valence electrons. The first-order valence-electron chi connectivity index (χ1n) is 5.00. The zero-order chi connectivity index (χ0) is 13.1. The van der Waals surface area contributed by atoms with Gasteiger partial charge in [-0.05, 0) is 31.0 Å². The molecule has 0 aliphatic heterocycles. The van der Waals surface area contributed by atoms with Gasteiger partial charge in [-0.15, -0.1) is 0 Å². The molecule has 0 bridgehead atoms. The van der Waals surface area contributed by atoms with Crippen molar-refractivity contribution in [2.45, 2.75) is 18.7 Å². The third-order valence-electron chi connectivity index (χ3n) is 2.27. The van der Waals surface area contributed by atoms with Gasteiger partial charge in [0.05, 0.1) is 12.0 Å². The van der Waals surface area contributed by atoms with E-state index in [1.165, 1.54) is 7.11 Å². The van der Waals surface area contributed by atoms with E-state index in [9.17, 15) is 13.2 Å². The molecule has 0 aromatic heterocycles. The Bertz CT molecular complexity index is 522. The molecule has 0 fully saturated rings. The summed E-state index contributed by atoms with van der Waals surface area (Å²) in [5.41, 5.74) is 1.47. The van der Waals surface area contributed by atoms with Gasteiger partial charge in [0, 0.05) is 0 Å². The molecule has 1 N–H and O–H groups in total. The molecule has 0 amide bonds. The molecular weight excluding hydrogens is 242 g/mol. The minimum absolute atomic E-state index is 0.182. The van der Waals surface area contributed by atoms with E-state index in [2.05, 4.69) is 9.46 Å². The Morgan fingerprint density at radius 1 is 1.35 bits per heavy atom. The predicted molar refractivity (Wildman–Crippen MR) is 63.1 cm³/mol. The molecule has 0 heterocycles. The fraction of sp³-hybridized carbons (Fsp3) is 0.364. The molecule has 0 aliphatic rings. The molecule has 0 aliphatic carbocycles. The number of methoxy groups -OCH3 is 1. The van der Waals surface area contributed by atoms with Crippen molar-refractivity contribution in [3.8, 4) is 0 Å². The number of rotatable bonds is 4. The number of benzene rings is 1. The van der Waals surface area contributed by atoms with Crippen molar-refractivity contribution in [1.82, 2.24) is 4.72 Å². The third-order valence-corrected chi connectivity index (χ3v) is 3.81. The Hall–Kier alpha value is -1.40. The number of carbonyl (C=O) groups excluding carboxylic acids is 1. The van der Waals surface area contributed by atoms with Crippen LogP contribution in [0.5, 0.6) is 0 Å². The van der Waals surface area contributed by atoms with Crippen LogP contribution in [0.3, 0.4) is 0 Å². The number of esters is 1. The van der Waals surface area contributed by atoms with E-state index < -0.39 is 16.0 Å². The molecule has 0 spiro atoms. The van der Waals surface area contributed by atoms with Crippen molar-refractivity contribution in [2.24, 2.45) is 0 Å². The van der Waals surface area contributed by atoms with Crippen LogP contribution in [0.25, 0.3) is 0 Å². The lowest BCUT2D eigenvalue weighted by molar-refractivity contribution is -0.139. The minimum atomic E-state index is -3.67. The van der Waals surface area contributed by atoms with Crippen molar-refractivity contribution in [3.63, 3.8) is 0 Å². The van der Waals surface area contributed by atoms with Gasteiger partial charge < -0.3 is 4.74 Å². The highest BCUT2D eigenvalue weighted by atomic mass is 32.2. The molecule has 0 unspecified atom stereocenters. The van der Waals surface area contributed by atoms with Gasteiger partial charge in [-0.2, -0.15) is 4.72 Å². The lowest BCUT2D eigenvalue weighted by Crippen LogP contribution is -2.30. The maximum atomic E-state index is 11.9. The largest absolute Gasteiger partial charge is 0.468 e. The first-order chi connectivity index (χ1) is 7.86. The molecule has 6 heteroatoms. The first kappa shape index (κ1) is 13.7. The normalized spacial score (nSPS) is 11.2. The van der Waals surface area contributed by atoms with Crippen LogP contribution in [0.4, 0.5) is 0 Å². The van der Waals surface area contributed by atoms with Gasteiger partial charge in [-0.1, -0.05) is 12.1 Å². The summed E-state index contributed by atoms with van der Waals surface area (Å²) in [7, 11) is -2.47. The summed E-state index contributed by atoms with van der Waals surface area (Å²) in [4.78, 5) is 11.1. The Kier molecular flexibility index (Phi) is 4.25. The second kappa shape index (κ2) is 5.29. The summed E-state index contributed by atoms with van der Waals surface area (Å²) in [6, 6.07) is 5.12. The molecule has 1 aromatic carbocycles. The van der Waals surface area contributed by atoms with E-state index in [0.717, 1.165) is 5.56 Å². The van der Waals surface area contributed by atoms with Gasteiger partial charge in [0.2, 0.25) is 10.0 Å². The highest BCUT2D eigenvalue weighted by Gasteiger charge is 2.17. The SMILES string of the molecule is COC(=O)CNS(=O)(=O)c1cc(C)ccc1C. The van der Waals surface area contributed by atoms with Crippen LogP contribution < -0.4 is 4.72 Å². The average Bonchev–Trinajstić information content (AvgIpc) is 2.29. The van der Waals surface area contributed by atoms with E-state index in [-0.39, 0.29) is 11.4 Å². The van der Waals surface area contributed by atoms with Crippen LogP contribution in [-0.4, -0.2) is 28.0 Å². The van der Waals surface area contributed by atoms with E-state index >= 15 is 0 Å². The fourth-order valence-corrected chi connectivity index (χ4v) is 2.60. The zero-order valence-corrected chi connectivity index (χ0v) is 10.8. The molecule has 17 heavy (non-hydrogen) atoms. The van der Waals surface area contributed by atoms with E-state index in [1.54, 1.807) is 26.0 Å². The smallest absolute Gasteiger partial charge is 0.320 e. The maximum absolute atomic E-state index is 11.9. The molecule has 1 aromatic rings. The summed E-state index contributed by atoms with van der Waals surface area (Å²) in [6.07, 6.45) is 0. The van der Waals surface area contributed by atoms with Gasteiger partial charge in [0.25, 0.3) is 0 Å². The first-order valence-corrected chi connectivity index (χ1v) is 6.49. The quantitative estimate of drug-likeness (QED) is 0.808. The van der Waals surface area contributed by atoms with Crippen LogP contribution in [-0.2, 0) is 19.6 Å². The van der Waals surface area contributed by atoms with Crippen LogP contribution >= 0.6 is 0 Å². The van der Waals surface area contributed by atoms with Crippen molar-refractivity contribution < 1.29 is 17.9 Å². The highest BCUT2D eigenvalue weighted by molar-refractivity contribution is 7.89. The van der Waals surface area contributed by atoms with Gasteiger partial charge in [0.15, 0.2) is 0 Å². The number of hydrogen-bond acceptors (Lipinski definition) is 4. The molecule has 5 nitrogen and oxygen atoms in total. The van der Waals surface area contributed by atoms with Crippen molar-refractivity contribution in [3.05, 3.63) is 29.3 Å². The summed E-state index contributed by atoms with van der Waals surface area (Å²) in [6.45, 7) is 3.14. The van der Waals surface area contributed by atoms with Crippen molar-refractivity contribution in [1.29, 1.82) is 0 Å². The number of aryl methyl sites for hydroxylation is 2. The number of nitrogens with one attached hydrogen (secondary N) is 1. The third kappa shape index (κ3) is 3.54. The van der Waals surface area contributed by atoms with Crippen LogP contribution in [0.1, 0.15) is 11.1 Å². The summed E-state index contributed by atoms with van der Waals surface area (Å²) < 4.78 is 30.4. The molecule has 1 rings (SSSR count). The zero-order valence-electron chi connectivity index (χ0n) is 9.98. The summed E-state index contributed by atoms with van der Waals surface area (Å²) >= 11 is 0. The predicted octanol–water partition coefficient (Wildman–Crippen LogP) is 0.755. The molecule has 0 saturated heterocycles. The summed E-state index contributed by atoms with van der Waals surface area (Å²) in [5, 5.41) is 0. The highest BCUT2D eigenvalue weighted by Crippen LogP contribution is 2.16.